The van der Waals surface area contributed by atoms with Crippen LogP contribution >= 0.6 is 0 Å². The van der Waals surface area contributed by atoms with Crippen LogP contribution in [0.2, 0.25) is 0 Å². The van der Waals surface area contributed by atoms with Crippen LogP contribution in [0, 0.1) is 0 Å². The number of rotatable bonds is 8. The number of nitrogens with zero attached hydrogens (tertiary/aromatic N) is 2. The van der Waals surface area contributed by atoms with Crippen molar-refractivity contribution in [3.63, 3.8) is 0 Å². The molecule has 4 nitrogen and oxygen atoms in total. The largest absolute Gasteiger partial charge is 0.383 e. The highest BCUT2D eigenvalue weighted by Crippen LogP contribution is 2.14. The zero-order chi connectivity index (χ0) is 14.3. The van der Waals surface area contributed by atoms with Gasteiger partial charge in [0, 0.05) is 32.4 Å². The lowest BCUT2D eigenvalue weighted by Gasteiger charge is -2.28. The van der Waals surface area contributed by atoms with Crippen LogP contribution in [0.15, 0.2) is 18.3 Å². The van der Waals surface area contributed by atoms with Gasteiger partial charge in [-0.15, -0.1) is 0 Å². The number of likely N-dealkylation sites (N-methyl/N-ethyl adjacent to an activating group) is 1. The van der Waals surface area contributed by atoms with Crippen molar-refractivity contribution in [2.45, 2.75) is 46.3 Å². The number of nitrogens with one attached hydrogen (secondary N) is 1. The average Bonchev–Trinajstić information content (AvgIpc) is 2.39. The van der Waals surface area contributed by atoms with E-state index in [1.165, 1.54) is 5.56 Å². The Hall–Kier alpha value is -1.13. The first-order valence-electron chi connectivity index (χ1n) is 7.02. The zero-order valence-corrected chi connectivity index (χ0v) is 12.8. The normalized spacial score (nSPS) is 12.7. The Morgan fingerprint density at radius 1 is 1.32 bits per heavy atom. The van der Waals surface area contributed by atoms with E-state index in [9.17, 15) is 0 Å². The molecule has 0 amide bonds. The number of methoxy groups -OCH3 is 1. The number of pyridine rings is 1. The molecule has 1 atom stereocenters. The van der Waals surface area contributed by atoms with Gasteiger partial charge in [-0.2, -0.15) is 0 Å². The Kier molecular flexibility index (Phi) is 6.81. The second-order valence-corrected chi connectivity index (χ2v) is 5.15. The van der Waals surface area contributed by atoms with Gasteiger partial charge in [0.1, 0.15) is 5.82 Å². The molecule has 0 radical (unpaired) electrons. The summed E-state index contributed by atoms with van der Waals surface area (Å²) in [4.78, 5) is 6.81. The monoisotopic (exact) mass is 265 g/mol. The van der Waals surface area contributed by atoms with E-state index in [-0.39, 0.29) is 0 Å². The predicted molar refractivity (Wildman–Crippen MR) is 80.6 cm³/mol. The van der Waals surface area contributed by atoms with E-state index in [2.05, 4.69) is 55.0 Å². The SMILES string of the molecule is CCN(c1ccc(CNC(C)C)cn1)C(C)COC. The van der Waals surface area contributed by atoms with Crippen LogP contribution in [-0.2, 0) is 11.3 Å². The Morgan fingerprint density at radius 3 is 2.53 bits per heavy atom. The molecule has 0 saturated heterocycles. The fraction of sp³-hybridized carbons (Fsp3) is 0.667. The minimum absolute atomic E-state index is 0.335. The van der Waals surface area contributed by atoms with Gasteiger partial charge in [0.15, 0.2) is 0 Å². The van der Waals surface area contributed by atoms with Crippen LogP contribution in [0.4, 0.5) is 5.82 Å². The molecule has 0 bridgehead atoms. The minimum atomic E-state index is 0.335. The Balaban J connectivity index is 2.67. The molecule has 19 heavy (non-hydrogen) atoms. The number of hydrogen-bond acceptors (Lipinski definition) is 4. The molecular formula is C15H27N3O. The van der Waals surface area contributed by atoms with E-state index >= 15 is 0 Å². The van der Waals surface area contributed by atoms with Crippen molar-refractivity contribution in [3.8, 4) is 0 Å². The summed E-state index contributed by atoms with van der Waals surface area (Å²) in [6, 6.07) is 5.06. The Morgan fingerprint density at radius 2 is 2.05 bits per heavy atom. The number of ether oxygens (including phenoxy) is 1. The predicted octanol–water partition coefficient (Wildman–Crippen LogP) is 2.44. The zero-order valence-electron chi connectivity index (χ0n) is 12.8. The van der Waals surface area contributed by atoms with Crippen LogP contribution < -0.4 is 10.2 Å². The van der Waals surface area contributed by atoms with Crippen LogP contribution in [0.1, 0.15) is 33.3 Å². The molecule has 1 rings (SSSR count). The molecule has 1 heterocycles. The Labute approximate surface area is 117 Å². The average molecular weight is 265 g/mol. The maximum Gasteiger partial charge on any atom is 0.128 e. The van der Waals surface area contributed by atoms with Crippen LogP contribution in [-0.4, -0.2) is 37.3 Å². The molecule has 0 saturated carbocycles. The summed E-state index contributed by atoms with van der Waals surface area (Å²) in [6.07, 6.45) is 1.95. The topological polar surface area (TPSA) is 37.4 Å². The third kappa shape index (κ3) is 5.17. The summed E-state index contributed by atoms with van der Waals surface area (Å²) in [5.41, 5.74) is 1.22. The van der Waals surface area contributed by atoms with E-state index in [1.54, 1.807) is 7.11 Å². The first kappa shape index (κ1) is 15.9. The van der Waals surface area contributed by atoms with E-state index in [0.717, 1.165) is 18.9 Å². The van der Waals surface area contributed by atoms with Gasteiger partial charge in [-0.3, -0.25) is 0 Å². The van der Waals surface area contributed by atoms with Crippen LogP contribution in [0.25, 0.3) is 0 Å². The molecule has 1 unspecified atom stereocenters. The van der Waals surface area contributed by atoms with Crippen LogP contribution in [0.3, 0.4) is 0 Å². The van der Waals surface area contributed by atoms with E-state index in [4.69, 9.17) is 4.74 Å². The quantitative estimate of drug-likeness (QED) is 0.783. The van der Waals surface area contributed by atoms with Gasteiger partial charge >= 0.3 is 0 Å². The third-order valence-corrected chi connectivity index (χ3v) is 3.10. The fourth-order valence-electron chi connectivity index (χ4n) is 2.04. The van der Waals surface area contributed by atoms with Crippen molar-refractivity contribution in [2.75, 3.05) is 25.2 Å². The second kappa shape index (κ2) is 8.12. The van der Waals surface area contributed by atoms with Gasteiger partial charge in [0.25, 0.3) is 0 Å². The van der Waals surface area contributed by atoms with Crippen molar-refractivity contribution in [1.82, 2.24) is 10.3 Å². The van der Waals surface area contributed by atoms with Gasteiger partial charge in [0.2, 0.25) is 0 Å². The second-order valence-electron chi connectivity index (χ2n) is 5.15. The molecule has 1 aromatic rings. The number of hydrogen-bond donors (Lipinski definition) is 1. The maximum absolute atomic E-state index is 5.22. The lowest BCUT2D eigenvalue weighted by Crippen LogP contribution is -2.36. The molecule has 0 spiro atoms. The van der Waals surface area contributed by atoms with Gasteiger partial charge in [0.05, 0.1) is 12.6 Å². The lowest BCUT2D eigenvalue weighted by atomic mass is 10.2. The summed E-state index contributed by atoms with van der Waals surface area (Å²) in [7, 11) is 1.73. The summed E-state index contributed by atoms with van der Waals surface area (Å²) < 4.78 is 5.22. The summed E-state index contributed by atoms with van der Waals surface area (Å²) in [5.74, 6) is 1.01. The molecule has 0 aliphatic carbocycles. The van der Waals surface area contributed by atoms with E-state index < -0.39 is 0 Å². The molecule has 0 fully saturated rings. The molecule has 0 aliphatic rings. The molecule has 0 aromatic carbocycles. The third-order valence-electron chi connectivity index (χ3n) is 3.10. The number of anilines is 1. The van der Waals surface area contributed by atoms with Crippen molar-refractivity contribution in [2.24, 2.45) is 0 Å². The van der Waals surface area contributed by atoms with Gasteiger partial charge in [-0.05, 0) is 25.5 Å². The molecule has 108 valence electrons. The van der Waals surface area contributed by atoms with Crippen molar-refractivity contribution in [1.29, 1.82) is 0 Å². The smallest absolute Gasteiger partial charge is 0.128 e. The minimum Gasteiger partial charge on any atom is -0.383 e. The van der Waals surface area contributed by atoms with Crippen LogP contribution in [0.5, 0.6) is 0 Å². The number of aromatic nitrogens is 1. The highest BCUT2D eigenvalue weighted by atomic mass is 16.5. The standard InChI is InChI=1S/C15H27N3O/c1-6-18(13(4)11-19-5)15-8-7-14(10-17-15)9-16-12(2)3/h7-8,10,12-13,16H,6,9,11H2,1-5H3. The van der Waals surface area contributed by atoms with Gasteiger partial charge < -0.3 is 15.0 Å². The summed E-state index contributed by atoms with van der Waals surface area (Å²) in [5, 5.41) is 3.39. The molecule has 4 heteroatoms. The first-order chi connectivity index (χ1) is 9.08. The molecule has 0 aliphatic heterocycles. The van der Waals surface area contributed by atoms with E-state index in [1.807, 2.05) is 6.20 Å². The first-order valence-corrected chi connectivity index (χ1v) is 7.02. The summed E-state index contributed by atoms with van der Waals surface area (Å²) in [6.45, 7) is 11.1. The van der Waals surface area contributed by atoms with Gasteiger partial charge in [-0.1, -0.05) is 19.9 Å². The Bertz CT molecular complexity index is 351. The van der Waals surface area contributed by atoms with Crippen molar-refractivity contribution in [3.05, 3.63) is 23.9 Å². The molecule has 1 N–H and O–H groups in total. The highest BCUT2D eigenvalue weighted by molar-refractivity contribution is 5.40. The maximum atomic E-state index is 5.22. The van der Waals surface area contributed by atoms with Crippen molar-refractivity contribution >= 4 is 5.82 Å². The fourth-order valence-corrected chi connectivity index (χ4v) is 2.04. The molecular weight excluding hydrogens is 238 g/mol. The van der Waals surface area contributed by atoms with E-state index in [0.29, 0.717) is 18.7 Å². The van der Waals surface area contributed by atoms with Gasteiger partial charge in [-0.25, -0.2) is 4.98 Å². The molecule has 1 aromatic heterocycles. The highest BCUT2D eigenvalue weighted by Gasteiger charge is 2.13. The lowest BCUT2D eigenvalue weighted by molar-refractivity contribution is 0.181. The van der Waals surface area contributed by atoms with Crippen molar-refractivity contribution < 1.29 is 4.74 Å². The summed E-state index contributed by atoms with van der Waals surface area (Å²) >= 11 is 0.